The van der Waals surface area contributed by atoms with Crippen LogP contribution in [0.5, 0.6) is 0 Å². The lowest BCUT2D eigenvalue weighted by Crippen LogP contribution is -2.48. The molecule has 2 N–H and O–H groups in total. The number of carboxylic acids is 1. The second-order valence-electron chi connectivity index (χ2n) is 4.35. The number of carboxylic acid groups (broad SMARTS) is 1. The molecule has 6 heteroatoms. The van der Waals surface area contributed by atoms with E-state index >= 15 is 0 Å². The lowest BCUT2D eigenvalue weighted by molar-refractivity contribution is -0.142. The monoisotopic (exact) mass is 242 g/mol. The topological polar surface area (TPSA) is 78.9 Å². The highest BCUT2D eigenvalue weighted by Gasteiger charge is 2.35. The van der Waals surface area contributed by atoms with Crippen LogP contribution in [0.15, 0.2) is 12.2 Å². The fraction of sp³-hybridized carbons (Fsp3) is 0.636. The van der Waals surface area contributed by atoms with E-state index in [4.69, 9.17) is 9.84 Å². The number of nitrogens with zero attached hydrogens (tertiary/aromatic N) is 1. The van der Waals surface area contributed by atoms with Crippen LogP contribution in [0.4, 0.5) is 4.79 Å². The van der Waals surface area contributed by atoms with Crippen LogP contribution < -0.4 is 5.32 Å². The van der Waals surface area contributed by atoms with Crippen LogP contribution in [0.25, 0.3) is 0 Å². The molecule has 0 saturated carbocycles. The molecule has 2 unspecified atom stereocenters. The Morgan fingerprint density at radius 3 is 2.71 bits per heavy atom. The van der Waals surface area contributed by atoms with E-state index in [1.807, 2.05) is 6.92 Å². The number of likely N-dealkylation sites (N-methyl/N-ethyl adjacent to an activating group) is 1. The molecular formula is C11H18N2O4. The third-order valence-electron chi connectivity index (χ3n) is 2.56. The van der Waals surface area contributed by atoms with Crippen LogP contribution >= 0.6 is 0 Å². The summed E-state index contributed by atoms with van der Waals surface area (Å²) >= 11 is 0. The minimum absolute atomic E-state index is 0.143. The number of rotatable bonds is 4. The van der Waals surface area contributed by atoms with Gasteiger partial charge in [-0.2, -0.15) is 0 Å². The average molecular weight is 242 g/mol. The van der Waals surface area contributed by atoms with Gasteiger partial charge < -0.3 is 20.1 Å². The number of hydrogen-bond acceptors (Lipinski definition) is 3. The Bertz CT molecular complexity index is 329. The first-order valence-electron chi connectivity index (χ1n) is 5.38. The van der Waals surface area contributed by atoms with E-state index < -0.39 is 17.9 Å². The van der Waals surface area contributed by atoms with Crippen LogP contribution in [-0.2, 0) is 9.53 Å². The van der Waals surface area contributed by atoms with Gasteiger partial charge in [0.1, 0.15) is 5.92 Å². The smallest absolute Gasteiger partial charge is 0.317 e. The normalized spacial score (nSPS) is 23.2. The second kappa shape index (κ2) is 5.67. The summed E-state index contributed by atoms with van der Waals surface area (Å²) in [7, 11) is 1.63. The summed E-state index contributed by atoms with van der Waals surface area (Å²) in [5.74, 6) is -1.62. The molecule has 0 bridgehead atoms. The zero-order valence-corrected chi connectivity index (χ0v) is 10.1. The van der Waals surface area contributed by atoms with Crippen LogP contribution in [-0.4, -0.2) is 54.9 Å². The molecule has 2 amide bonds. The Hall–Kier alpha value is -1.56. The highest BCUT2D eigenvalue weighted by atomic mass is 16.5. The minimum atomic E-state index is -0.949. The van der Waals surface area contributed by atoms with E-state index in [9.17, 15) is 9.59 Å². The Morgan fingerprint density at radius 2 is 2.18 bits per heavy atom. The molecule has 0 aromatic carbocycles. The standard InChI is InChI=1S/C11H18N2O4/c1-7(2)4-13(3)11(16)12-9-6-17-5-8(9)10(14)15/h8-9H,1,4-6H2,2-3H3,(H,12,16)(H,14,15). The maximum absolute atomic E-state index is 11.7. The number of aliphatic carboxylic acids is 1. The van der Waals surface area contributed by atoms with Crippen molar-refractivity contribution >= 4 is 12.0 Å². The third-order valence-corrected chi connectivity index (χ3v) is 2.56. The number of hydrogen-bond donors (Lipinski definition) is 2. The molecule has 1 fully saturated rings. The molecule has 1 saturated heterocycles. The van der Waals surface area contributed by atoms with Crippen molar-refractivity contribution in [3.63, 3.8) is 0 Å². The number of urea groups is 1. The highest BCUT2D eigenvalue weighted by molar-refractivity contribution is 5.77. The maximum atomic E-state index is 11.7. The van der Waals surface area contributed by atoms with E-state index in [0.29, 0.717) is 6.54 Å². The molecule has 6 nitrogen and oxygen atoms in total. The van der Waals surface area contributed by atoms with Gasteiger partial charge in [0.15, 0.2) is 0 Å². The van der Waals surface area contributed by atoms with Crippen molar-refractivity contribution in [2.24, 2.45) is 5.92 Å². The fourth-order valence-corrected chi connectivity index (χ4v) is 1.69. The van der Waals surface area contributed by atoms with E-state index in [-0.39, 0.29) is 19.2 Å². The summed E-state index contributed by atoms with van der Waals surface area (Å²) < 4.78 is 5.06. The lowest BCUT2D eigenvalue weighted by atomic mass is 10.0. The van der Waals surface area contributed by atoms with E-state index in [2.05, 4.69) is 11.9 Å². The molecule has 2 atom stereocenters. The highest BCUT2D eigenvalue weighted by Crippen LogP contribution is 2.14. The number of nitrogens with one attached hydrogen (secondary N) is 1. The number of carbonyl (C=O) groups excluding carboxylic acids is 1. The van der Waals surface area contributed by atoms with Gasteiger partial charge in [-0.05, 0) is 6.92 Å². The summed E-state index contributed by atoms with van der Waals surface area (Å²) in [6.45, 7) is 6.36. The Kier molecular flexibility index (Phi) is 4.51. The number of carbonyl (C=O) groups is 2. The first-order valence-corrected chi connectivity index (χ1v) is 5.38. The van der Waals surface area contributed by atoms with Crippen molar-refractivity contribution in [2.45, 2.75) is 13.0 Å². The summed E-state index contributed by atoms with van der Waals surface area (Å²) in [6.07, 6.45) is 0. The molecule has 1 heterocycles. The van der Waals surface area contributed by atoms with Crippen LogP contribution in [0.1, 0.15) is 6.92 Å². The molecule has 17 heavy (non-hydrogen) atoms. The zero-order chi connectivity index (χ0) is 13.0. The number of ether oxygens (including phenoxy) is 1. The SMILES string of the molecule is C=C(C)CN(C)C(=O)NC1COCC1C(=O)O. The Labute approximate surface area is 100 Å². The molecule has 96 valence electrons. The van der Waals surface area contributed by atoms with Gasteiger partial charge in [0.05, 0.1) is 19.3 Å². The van der Waals surface area contributed by atoms with E-state index in [1.165, 1.54) is 4.90 Å². The van der Waals surface area contributed by atoms with E-state index in [0.717, 1.165) is 5.57 Å². The second-order valence-corrected chi connectivity index (χ2v) is 4.35. The van der Waals surface area contributed by atoms with Crippen molar-refractivity contribution in [3.8, 4) is 0 Å². The summed E-state index contributed by atoms with van der Waals surface area (Å²) in [4.78, 5) is 24.1. The molecule has 0 radical (unpaired) electrons. The first kappa shape index (κ1) is 13.5. The van der Waals surface area contributed by atoms with Gasteiger partial charge in [-0.25, -0.2) is 4.79 Å². The average Bonchev–Trinajstić information content (AvgIpc) is 2.64. The molecule has 1 aliphatic heterocycles. The van der Waals surface area contributed by atoms with E-state index in [1.54, 1.807) is 7.05 Å². The fourth-order valence-electron chi connectivity index (χ4n) is 1.69. The largest absolute Gasteiger partial charge is 0.481 e. The molecule has 1 aliphatic rings. The van der Waals surface area contributed by atoms with Crippen molar-refractivity contribution in [2.75, 3.05) is 26.8 Å². The maximum Gasteiger partial charge on any atom is 0.317 e. The van der Waals surface area contributed by atoms with Crippen LogP contribution in [0, 0.1) is 5.92 Å². The van der Waals surface area contributed by atoms with Gasteiger partial charge in [-0.3, -0.25) is 4.79 Å². The molecule has 0 aromatic rings. The first-order chi connectivity index (χ1) is 7.91. The molecular weight excluding hydrogens is 224 g/mol. The van der Waals surface area contributed by atoms with Crippen molar-refractivity contribution in [3.05, 3.63) is 12.2 Å². The predicted molar refractivity (Wildman–Crippen MR) is 61.7 cm³/mol. The van der Waals surface area contributed by atoms with Gasteiger partial charge in [0.25, 0.3) is 0 Å². The summed E-state index contributed by atoms with van der Waals surface area (Å²) in [5, 5.41) is 11.6. The van der Waals surface area contributed by atoms with Gasteiger partial charge in [-0.15, -0.1) is 0 Å². The summed E-state index contributed by atoms with van der Waals surface area (Å²) in [6, 6.07) is -0.776. The minimum Gasteiger partial charge on any atom is -0.481 e. The molecule has 0 aromatic heterocycles. The predicted octanol–water partition coefficient (Wildman–Crippen LogP) is 0.303. The Morgan fingerprint density at radius 1 is 1.53 bits per heavy atom. The van der Waals surface area contributed by atoms with Crippen LogP contribution in [0.2, 0.25) is 0 Å². The van der Waals surface area contributed by atoms with Crippen molar-refractivity contribution < 1.29 is 19.4 Å². The molecule has 1 rings (SSSR count). The summed E-state index contributed by atoms with van der Waals surface area (Å²) in [5.41, 5.74) is 0.861. The zero-order valence-electron chi connectivity index (χ0n) is 10.1. The third kappa shape index (κ3) is 3.74. The number of amides is 2. The molecule has 0 aliphatic carbocycles. The Balaban J connectivity index is 2.50. The van der Waals surface area contributed by atoms with Gasteiger partial charge >= 0.3 is 12.0 Å². The van der Waals surface area contributed by atoms with Crippen molar-refractivity contribution in [1.29, 1.82) is 0 Å². The molecule has 0 spiro atoms. The van der Waals surface area contributed by atoms with Gasteiger partial charge in [0, 0.05) is 13.6 Å². The van der Waals surface area contributed by atoms with Crippen molar-refractivity contribution in [1.82, 2.24) is 10.2 Å². The lowest BCUT2D eigenvalue weighted by Gasteiger charge is -2.22. The quantitative estimate of drug-likeness (QED) is 0.695. The van der Waals surface area contributed by atoms with Gasteiger partial charge in [0.2, 0.25) is 0 Å². The van der Waals surface area contributed by atoms with Crippen LogP contribution in [0.3, 0.4) is 0 Å². The van der Waals surface area contributed by atoms with Gasteiger partial charge in [-0.1, -0.05) is 12.2 Å².